The van der Waals surface area contributed by atoms with E-state index < -0.39 is 0 Å². The van der Waals surface area contributed by atoms with E-state index in [0.29, 0.717) is 11.5 Å². The van der Waals surface area contributed by atoms with Crippen molar-refractivity contribution in [3.05, 3.63) is 48.2 Å². The molecule has 0 aliphatic carbocycles. The van der Waals surface area contributed by atoms with Gasteiger partial charge in [-0.3, -0.25) is 4.98 Å². The highest BCUT2D eigenvalue weighted by atomic mass is 28.2. The molecule has 4 atom stereocenters. The minimum Gasteiger partial charge on any atom is -0.451 e. The van der Waals surface area contributed by atoms with Gasteiger partial charge in [-0.1, -0.05) is 110 Å². The van der Waals surface area contributed by atoms with Crippen LogP contribution < -0.4 is 14.8 Å². The highest BCUT2D eigenvalue weighted by molar-refractivity contribution is 6.53. The molecule has 2 aromatic rings. The van der Waals surface area contributed by atoms with E-state index in [2.05, 4.69) is 63.0 Å². The molecule has 3 rings (SSSR count). The molecular formula is C34H53NO2Si. The van der Waals surface area contributed by atoms with Crippen molar-refractivity contribution in [3.63, 3.8) is 0 Å². The molecule has 1 aromatic heterocycles. The van der Waals surface area contributed by atoms with Crippen LogP contribution in [0.4, 0.5) is 0 Å². The Hall–Kier alpha value is -1.81. The summed E-state index contributed by atoms with van der Waals surface area (Å²) in [6.07, 6.45) is 21.0. The van der Waals surface area contributed by atoms with Gasteiger partial charge in [0.1, 0.15) is 9.52 Å². The first-order valence-corrected chi connectivity index (χ1v) is 16.8. The number of pyridine rings is 1. The molecule has 0 saturated carbocycles. The lowest BCUT2D eigenvalue weighted by atomic mass is 9.87. The summed E-state index contributed by atoms with van der Waals surface area (Å²) in [7, 11) is 0.779. The summed E-state index contributed by atoms with van der Waals surface area (Å²) in [5.41, 5.74) is 2.09. The maximum absolute atomic E-state index is 6.28. The molecule has 38 heavy (non-hydrogen) atoms. The molecule has 1 aliphatic rings. The van der Waals surface area contributed by atoms with E-state index in [0.717, 1.165) is 33.4 Å². The first-order valence-electron chi connectivity index (χ1n) is 15.7. The lowest BCUT2D eigenvalue weighted by Crippen LogP contribution is -2.21. The molecule has 1 aliphatic heterocycles. The summed E-state index contributed by atoms with van der Waals surface area (Å²) in [6, 6.07) is 13.1. The number of benzene rings is 1. The van der Waals surface area contributed by atoms with Crippen molar-refractivity contribution >= 4 is 14.8 Å². The van der Waals surface area contributed by atoms with Crippen molar-refractivity contribution < 1.29 is 9.47 Å². The van der Waals surface area contributed by atoms with E-state index in [4.69, 9.17) is 9.47 Å². The van der Waals surface area contributed by atoms with Crippen LogP contribution in [0.2, 0.25) is 5.54 Å². The van der Waals surface area contributed by atoms with E-state index in [1.165, 1.54) is 101 Å². The molecule has 4 unspecified atom stereocenters. The lowest BCUT2D eigenvalue weighted by Gasteiger charge is -2.21. The van der Waals surface area contributed by atoms with Crippen LogP contribution in [0.3, 0.4) is 0 Å². The Morgan fingerprint density at radius 3 is 2.32 bits per heavy atom. The fourth-order valence-corrected chi connectivity index (χ4v) is 6.77. The smallest absolute Gasteiger partial charge is 0.241 e. The molecule has 0 fully saturated rings. The summed E-state index contributed by atoms with van der Waals surface area (Å²) in [6.45, 7) is 9.40. The van der Waals surface area contributed by atoms with Gasteiger partial charge in [0.05, 0.1) is 0 Å². The number of rotatable bonds is 20. The number of ether oxygens (including phenoxy) is 2. The average molecular weight is 536 g/mol. The van der Waals surface area contributed by atoms with Crippen LogP contribution in [-0.2, 0) is 0 Å². The number of nitrogens with zero attached hydrogens (tertiary/aromatic N) is 1. The number of hydrogen-bond donors (Lipinski definition) is 0. The van der Waals surface area contributed by atoms with Gasteiger partial charge in [0.2, 0.25) is 6.29 Å². The fraction of sp³-hybridized carbons (Fsp3) is 0.676. The second kappa shape index (κ2) is 17.7. The first kappa shape index (κ1) is 30.7. The molecule has 0 amide bonds. The third-order valence-corrected chi connectivity index (χ3v) is 9.43. The van der Waals surface area contributed by atoms with Crippen LogP contribution in [0.15, 0.2) is 42.6 Å². The van der Waals surface area contributed by atoms with E-state index in [9.17, 15) is 0 Å². The SMILES string of the molecule is CCCCCCCC1Oc2ccc(C(CCCC(C)CCCCC)CCC(C)[Si]c3ccccn3)cc2O1. The van der Waals surface area contributed by atoms with Crippen LogP contribution in [-0.4, -0.2) is 20.8 Å². The largest absolute Gasteiger partial charge is 0.451 e. The van der Waals surface area contributed by atoms with E-state index >= 15 is 0 Å². The zero-order chi connectivity index (χ0) is 27.0. The molecule has 0 bridgehead atoms. The van der Waals surface area contributed by atoms with Gasteiger partial charge in [0.25, 0.3) is 0 Å². The van der Waals surface area contributed by atoms with Crippen molar-refractivity contribution in [1.29, 1.82) is 0 Å². The van der Waals surface area contributed by atoms with Gasteiger partial charge >= 0.3 is 0 Å². The predicted octanol–water partition coefficient (Wildman–Crippen LogP) is 9.63. The monoisotopic (exact) mass is 535 g/mol. The zero-order valence-corrected chi connectivity index (χ0v) is 25.7. The Labute approximate surface area is 236 Å². The van der Waals surface area contributed by atoms with Gasteiger partial charge in [-0.25, -0.2) is 0 Å². The summed E-state index contributed by atoms with van der Waals surface area (Å²) in [5.74, 6) is 3.31. The summed E-state index contributed by atoms with van der Waals surface area (Å²) in [5, 5.41) is 1.24. The average Bonchev–Trinajstić information content (AvgIpc) is 3.33. The molecule has 4 heteroatoms. The van der Waals surface area contributed by atoms with Crippen LogP contribution in [0.5, 0.6) is 11.5 Å². The Balaban J connectivity index is 1.56. The second-order valence-electron chi connectivity index (χ2n) is 11.6. The molecule has 0 N–H and O–H groups in total. The van der Waals surface area contributed by atoms with Crippen molar-refractivity contribution in [2.24, 2.45) is 5.92 Å². The van der Waals surface area contributed by atoms with Crippen LogP contribution in [0.25, 0.3) is 0 Å². The Bertz CT molecular complexity index is 889. The first-order chi connectivity index (χ1) is 18.6. The van der Waals surface area contributed by atoms with Crippen LogP contribution in [0, 0.1) is 5.92 Å². The topological polar surface area (TPSA) is 31.4 Å². The zero-order valence-electron chi connectivity index (χ0n) is 24.7. The maximum atomic E-state index is 6.28. The molecule has 2 radical (unpaired) electrons. The van der Waals surface area contributed by atoms with Crippen molar-refractivity contribution in [2.75, 3.05) is 0 Å². The van der Waals surface area contributed by atoms with Crippen LogP contribution in [0.1, 0.15) is 135 Å². The Kier molecular flexibility index (Phi) is 14.3. The van der Waals surface area contributed by atoms with E-state index in [1.54, 1.807) is 0 Å². The minimum atomic E-state index is -0.108. The number of aromatic nitrogens is 1. The van der Waals surface area contributed by atoms with Gasteiger partial charge in [-0.2, -0.15) is 0 Å². The van der Waals surface area contributed by atoms with Gasteiger partial charge in [0, 0.05) is 17.9 Å². The minimum absolute atomic E-state index is 0.108. The number of hydrogen-bond acceptors (Lipinski definition) is 3. The van der Waals surface area contributed by atoms with E-state index in [-0.39, 0.29) is 6.29 Å². The Morgan fingerprint density at radius 1 is 0.763 bits per heavy atom. The third-order valence-electron chi connectivity index (χ3n) is 8.06. The fourth-order valence-electron chi connectivity index (χ4n) is 5.61. The van der Waals surface area contributed by atoms with Gasteiger partial charge in [0.15, 0.2) is 11.5 Å². The highest BCUT2D eigenvalue weighted by Crippen LogP contribution is 2.40. The molecule has 2 heterocycles. The normalized spacial score (nSPS) is 16.9. The van der Waals surface area contributed by atoms with Gasteiger partial charge in [-0.05, 0) is 66.5 Å². The predicted molar refractivity (Wildman–Crippen MR) is 163 cm³/mol. The molecule has 1 aromatic carbocycles. The standard InChI is InChI=1S/C34H53NO2Si/c1-5-7-9-10-12-20-34-36-31-24-23-30(26-32(31)37-34)29(18-15-17-27(3)16-11-8-6-2)22-21-28(4)38-33-19-13-14-25-35-33/h13-14,19,23-29,34H,5-12,15-18,20-22H2,1-4H3. The summed E-state index contributed by atoms with van der Waals surface area (Å²) >= 11 is 0. The number of unbranched alkanes of at least 4 members (excludes halogenated alkanes) is 6. The molecule has 0 saturated heterocycles. The quantitative estimate of drug-likeness (QED) is 0.125. The van der Waals surface area contributed by atoms with Crippen LogP contribution >= 0.6 is 0 Å². The summed E-state index contributed by atoms with van der Waals surface area (Å²) in [4.78, 5) is 4.57. The Morgan fingerprint density at radius 2 is 1.53 bits per heavy atom. The molecular weight excluding hydrogens is 482 g/mol. The van der Waals surface area contributed by atoms with Crippen molar-refractivity contribution in [3.8, 4) is 11.5 Å². The third kappa shape index (κ3) is 11.1. The van der Waals surface area contributed by atoms with Crippen molar-refractivity contribution in [1.82, 2.24) is 4.98 Å². The molecule has 3 nitrogen and oxygen atoms in total. The van der Waals surface area contributed by atoms with E-state index in [1.807, 2.05) is 12.3 Å². The van der Waals surface area contributed by atoms with Gasteiger partial charge < -0.3 is 9.47 Å². The maximum Gasteiger partial charge on any atom is 0.241 e. The lowest BCUT2D eigenvalue weighted by molar-refractivity contribution is 0.0395. The van der Waals surface area contributed by atoms with Gasteiger partial charge in [-0.15, -0.1) is 0 Å². The molecule has 0 spiro atoms. The highest BCUT2D eigenvalue weighted by Gasteiger charge is 2.25. The molecule has 210 valence electrons. The van der Waals surface area contributed by atoms with Crippen molar-refractivity contribution in [2.45, 2.75) is 142 Å². The summed E-state index contributed by atoms with van der Waals surface area (Å²) < 4.78 is 12.4. The second-order valence-corrected chi connectivity index (χ2v) is 13.4. The number of fused-ring (bicyclic) bond motifs is 1.